The predicted molar refractivity (Wildman–Crippen MR) is 152 cm³/mol. The van der Waals surface area contributed by atoms with Gasteiger partial charge in [-0.05, 0) is 36.8 Å². The highest BCUT2D eigenvalue weighted by atomic mass is 35.5. The van der Waals surface area contributed by atoms with Crippen LogP contribution in [-0.4, -0.2) is 24.3 Å². The number of esters is 1. The quantitative estimate of drug-likeness (QED) is 0.0873. The van der Waals surface area contributed by atoms with E-state index in [0.29, 0.717) is 6.61 Å². The maximum absolute atomic E-state index is 12.4. The molecule has 37 heavy (non-hydrogen) atoms. The number of carbonyl (C=O) groups excluding carboxylic acids is 3. The molecular formula is C30H39Cl2NO4. The van der Waals surface area contributed by atoms with Gasteiger partial charge in [0.1, 0.15) is 0 Å². The molecule has 0 spiro atoms. The summed E-state index contributed by atoms with van der Waals surface area (Å²) in [6, 6.07) is 11.1. The summed E-state index contributed by atoms with van der Waals surface area (Å²) in [5, 5.41) is 3.15. The molecule has 7 heteroatoms. The Morgan fingerprint density at radius 3 is 1.97 bits per heavy atom. The van der Waals surface area contributed by atoms with Crippen molar-refractivity contribution in [2.45, 2.75) is 90.4 Å². The van der Waals surface area contributed by atoms with Crippen molar-refractivity contribution in [1.29, 1.82) is 0 Å². The largest absolute Gasteiger partial charge is 0.462 e. The maximum atomic E-state index is 12.4. The third-order valence-corrected chi connectivity index (χ3v) is 6.86. The van der Waals surface area contributed by atoms with E-state index in [1.54, 1.807) is 30.3 Å². The first-order valence-electron chi connectivity index (χ1n) is 13.5. The zero-order valence-electron chi connectivity index (χ0n) is 21.8. The average molecular weight is 549 g/mol. The number of hydrogen-bond acceptors (Lipinski definition) is 4. The van der Waals surface area contributed by atoms with Crippen LogP contribution in [0.2, 0.25) is 10.0 Å². The summed E-state index contributed by atoms with van der Waals surface area (Å²) < 4.78 is 5.39. The SMILES string of the molecule is CCCCCCCCCCCCCCOC(=O)c1ccc(Cl)c(NC(=O)CC(=O)c2ccccc2Cl)c1. The van der Waals surface area contributed by atoms with Gasteiger partial charge in [0.05, 0.1) is 34.3 Å². The van der Waals surface area contributed by atoms with Crippen LogP contribution in [0.3, 0.4) is 0 Å². The maximum Gasteiger partial charge on any atom is 0.338 e. The lowest BCUT2D eigenvalue weighted by Gasteiger charge is -2.10. The van der Waals surface area contributed by atoms with Crippen LogP contribution in [0.25, 0.3) is 0 Å². The Labute approximate surface area is 231 Å². The van der Waals surface area contributed by atoms with Gasteiger partial charge in [-0.2, -0.15) is 0 Å². The summed E-state index contributed by atoms with van der Waals surface area (Å²) in [6.45, 7) is 2.60. The second kappa shape index (κ2) is 18.0. The van der Waals surface area contributed by atoms with Gasteiger partial charge in [-0.25, -0.2) is 4.79 Å². The molecule has 202 valence electrons. The number of nitrogens with one attached hydrogen (secondary N) is 1. The molecule has 0 bridgehead atoms. The summed E-state index contributed by atoms with van der Waals surface area (Å²) >= 11 is 12.2. The molecule has 0 radical (unpaired) electrons. The van der Waals surface area contributed by atoms with Crippen LogP contribution in [0.5, 0.6) is 0 Å². The minimum absolute atomic E-state index is 0.249. The minimum Gasteiger partial charge on any atom is -0.462 e. The van der Waals surface area contributed by atoms with Crippen molar-refractivity contribution in [3.63, 3.8) is 0 Å². The van der Waals surface area contributed by atoms with Gasteiger partial charge in [0.2, 0.25) is 5.91 Å². The lowest BCUT2D eigenvalue weighted by atomic mass is 10.1. The summed E-state index contributed by atoms with van der Waals surface area (Å²) in [4.78, 5) is 37.2. The number of hydrogen-bond donors (Lipinski definition) is 1. The highest BCUT2D eigenvalue weighted by Crippen LogP contribution is 2.24. The molecule has 1 amide bonds. The molecule has 5 nitrogen and oxygen atoms in total. The zero-order chi connectivity index (χ0) is 26.9. The van der Waals surface area contributed by atoms with E-state index in [2.05, 4.69) is 12.2 Å². The molecular weight excluding hydrogens is 509 g/mol. The first kappa shape index (κ1) is 30.9. The van der Waals surface area contributed by atoms with Crippen LogP contribution in [0.4, 0.5) is 5.69 Å². The fourth-order valence-corrected chi connectivity index (χ4v) is 4.47. The highest BCUT2D eigenvalue weighted by molar-refractivity contribution is 6.35. The van der Waals surface area contributed by atoms with Crippen molar-refractivity contribution in [3.05, 3.63) is 63.6 Å². The van der Waals surface area contributed by atoms with E-state index in [1.165, 1.54) is 69.9 Å². The van der Waals surface area contributed by atoms with E-state index in [-0.39, 0.29) is 26.9 Å². The van der Waals surface area contributed by atoms with Crippen LogP contribution >= 0.6 is 23.2 Å². The van der Waals surface area contributed by atoms with E-state index in [9.17, 15) is 14.4 Å². The Morgan fingerprint density at radius 1 is 0.757 bits per heavy atom. The van der Waals surface area contributed by atoms with Crippen molar-refractivity contribution >= 4 is 46.5 Å². The summed E-state index contributed by atoms with van der Waals surface area (Å²) in [6.07, 6.45) is 14.5. The van der Waals surface area contributed by atoms with Crippen LogP contribution < -0.4 is 5.32 Å². The number of halogens is 2. The predicted octanol–water partition coefficient (Wildman–Crippen LogP) is 9.06. The molecule has 0 saturated carbocycles. The van der Waals surface area contributed by atoms with E-state index < -0.39 is 24.1 Å². The third-order valence-electron chi connectivity index (χ3n) is 6.20. The average Bonchev–Trinajstić information content (AvgIpc) is 2.88. The summed E-state index contributed by atoms with van der Waals surface area (Å²) in [5.74, 6) is -1.42. The molecule has 1 N–H and O–H groups in total. The number of benzene rings is 2. The van der Waals surface area contributed by atoms with Crippen molar-refractivity contribution < 1.29 is 19.1 Å². The normalized spacial score (nSPS) is 10.8. The van der Waals surface area contributed by atoms with Crippen LogP contribution in [0, 0.1) is 0 Å². The van der Waals surface area contributed by atoms with E-state index in [0.717, 1.165) is 19.3 Å². The molecule has 0 aliphatic carbocycles. The third kappa shape index (κ3) is 12.1. The summed E-state index contributed by atoms with van der Waals surface area (Å²) in [7, 11) is 0. The molecule has 0 atom stereocenters. The molecule has 0 aliphatic heterocycles. The van der Waals surface area contributed by atoms with Gasteiger partial charge in [-0.15, -0.1) is 0 Å². The van der Waals surface area contributed by atoms with Crippen molar-refractivity contribution in [2.75, 3.05) is 11.9 Å². The van der Waals surface area contributed by atoms with Gasteiger partial charge in [-0.3, -0.25) is 9.59 Å². The van der Waals surface area contributed by atoms with Crippen LogP contribution in [0.1, 0.15) is 111 Å². The topological polar surface area (TPSA) is 72.5 Å². The van der Waals surface area contributed by atoms with Gasteiger partial charge in [0.15, 0.2) is 5.78 Å². The molecule has 0 heterocycles. The molecule has 2 aromatic carbocycles. The monoisotopic (exact) mass is 547 g/mol. The Hall–Kier alpha value is -2.37. The number of carbonyl (C=O) groups is 3. The Bertz CT molecular complexity index is 1010. The highest BCUT2D eigenvalue weighted by Gasteiger charge is 2.17. The molecule has 2 aromatic rings. The zero-order valence-corrected chi connectivity index (χ0v) is 23.3. The van der Waals surface area contributed by atoms with Crippen molar-refractivity contribution in [3.8, 4) is 0 Å². The Balaban J connectivity index is 1.66. The number of ketones is 1. The van der Waals surface area contributed by atoms with Gasteiger partial charge < -0.3 is 10.1 Å². The number of unbranched alkanes of at least 4 members (excludes halogenated alkanes) is 11. The summed E-state index contributed by atoms with van der Waals surface area (Å²) in [5.41, 5.74) is 0.815. The number of ether oxygens (including phenoxy) is 1. The lowest BCUT2D eigenvalue weighted by molar-refractivity contribution is -0.115. The number of Topliss-reactive ketones (excluding diaryl/α,β-unsaturated/α-hetero) is 1. The number of anilines is 1. The standard InChI is InChI=1S/C30H39Cl2NO4/c1-2-3-4-5-6-7-8-9-10-11-12-15-20-37-30(36)23-18-19-26(32)27(21-23)33-29(35)22-28(34)24-16-13-14-17-25(24)31/h13-14,16-19,21H,2-12,15,20,22H2,1H3,(H,33,35). The van der Waals surface area contributed by atoms with Crippen LogP contribution in [-0.2, 0) is 9.53 Å². The van der Waals surface area contributed by atoms with Gasteiger partial charge in [0.25, 0.3) is 0 Å². The second-order valence-electron chi connectivity index (χ2n) is 9.35. The fourth-order valence-electron chi connectivity index (χ4n) is 4.06. The molecule has 0 aromatic heterocycles. The van der Waals surface area contributed by atoms with E-state index in [1.807, 2.05) is 0 Å². The second-order valence-corrected chi connectivity index (χ2v) is 10.2. The van der Waals surface area contributed by atoms with E-state index in [4.69, 9.17) is 27.9 Å². The van der Waals surface area contributed by atoms with Crippen LogP contribution in [0.15, 0.2) is 42.5 Å². The smallest absolute Gasteiger partial charge is 0.338 e. The first-order chi connectivity index (χ1) is 17.9. The number of amides is 1. The lowest BCUT2D eigenvalue weighted by Crippen LogP contribution is -2.17. The first-order valence-corrected chi connectivity index (χ1v) is 14.2. The minimum atomic E-state index is -0.547. The molecule has 0 saturated heterocycles. The van der Waals surface area contributed by atoms with Gasteiger partial charge in [-0.1, -0.05) is 113 Å². The van der Waals surface area contributed by atoms with Crippen molar-refractivity contribution in [2.24, 2.45) is 0 Å². The molecule has 0 aliphatic rings. The molecule has 2 rings (SSSR count). The Kier molecular flexibility index (Phi) is 15.0. The number of rotatable bonds is 18. The Morgan fingerprint density at radius 2 is 1.35 bits per heavy atom. The van der Waals surface area contributed by atoms with E-state index >= 15 is 0 Å². The van der Waals surface area contributed by atoms with Gasteiger partial charge >= 0.3 is 5.97 Å². The van der Waals surface area contributed by atoms with Gasteiger partial charge in [0, 0.05) is 5.56 Å². The molecule has 0 unspecified atom stereocenters. The van der Waals surface area contributed by atoms with Crippen molar-refractivity contribution in [1.82, 2.24) is 0 Å². The fraction of sp³-hybridized carbons (Fsp3) is 0.500. The molecule has 0 fully saturated rings.